The first-order valence-corrected chi connectivity index (χ1v) is 7.57. The molecule has 0 spiro atoms. The fraction of sp³-hybridized carbons (Fsp3) is 0.818. The van der Waals surface area contributed by atoms with Gasteiger partial charge in [0.15, 0.2) is 0 Å². The normalized spacial score (nSPS) is 13.1. The highest BCUT2D eigenvalue weighted by atomic mass is 31.2. The van der Waals surface area contributed by atoms with Crippen LogP contribution in [0.3, 0.4) is 0 Å². The van der Waals surface area contributed by atoms with Gasteiger partial charge in [-0.2, -0.15) is 0 Å². The minimum atomic E-state index is -3.61. The Balaban J connectivity index is 4.98. The molecule has 0 saturated heterocycles. The molecule has 106 valence electrons. The molecule has 0 aliphatic heterocycles. The zero-order chi connectivity index (χ0) is 14.2. The monoisotopic (exact) mass is 280 g/mol. The topological polar surface area (TPSA) is 78.9 Å². The molecule has 0 aromatic carbocycles. The van der Waals surface area contributed by atoms with E-state index in [0.29, 0.717) is 0 Å². The smallest absolute Gasteiger partial charge is 0.341 e. The molecule has 0 aromatic rings. The first-order valence-electron chi connectivity index (χ1n) is 5.96. The van der Waals surface area contributed by atoms with Crippen molar-refractivity contribution in [1.29, 1.82) is 0 Å². The first-order chi connectivity index (χ1) is 8.41. The first kappa shape index (κ1) is 17.3. The van der Waals surface area contributed by atoms with E-state index in [4.69, 9.17) is 13.8 Å². The van der Waals surface area contributed by atoms with Gasteiger partial charge >= 0.3 is 13.6 Å². The summed E-state index contributed by atoms with van der Waals surface area (Å²) < 4.78 is 27.3. The van der Waals surface area contributed by atoms with Crippen LogP contribution in [-0.2, 0) is 27.9 Å². The average Bonchev–Trinajstić information content (AvgIpc) is 2.26. The van der Waals surface area contributed by atoms with Crippen molar-refractivity contribution < 1.29 is 27.9 Å². The Morgan fingerprint density at radius 1 is 1.06 bits per heavy atom. The number of Topliss-reactive ketones (excluding diaryl/α,β-unsaturated/α-hetero) is 1. The second-order valence-corrected chi connectivity index (χ2v) is 5.73. The zero-order valence-corrected chi connectivity index (χ0v) is 12.2. The summed E-state index contributed by atoms with van der Waals surface area (Å²) in [5.74, 6) is -0.995. The van der Waals surface area contributed by atoms with Crippen LogP contribution >= 0.6 is 7.60 Å². The number of carbonyl (C=O) groups excluding carboxylic acids is 2. The van der Waals surface area contributed by atoms with Crippen LogP contribution in [-0.4, -0.2) is 37.2 Å². The molecule has 0 amide bonds. The van der Waals surface area contributed by atoms with Crippen molar-refractivity contribution in [2.75, 3.05) is 19.8 Å². The maximum atomic E-state index is 12.4. The highest BCUT2D eigenvalue weighted by Crippen LogP contribution is 2.54. The largest absolute Gasteiger partial charge is 0.466 e. The van der Waals surface area contributed by atoms with E-state index in [-0.39, 0.29) is 26.2 Å². The SMILES string of the molecule is CCOC(=O)C[C@H](C(C)=O)P(=O)(OCC)OCC. The Bertz CT molecular complexity index is 317. The van der Waals surface area contributed by atoms with E-state index in [1.54, 1.807) is 20.8 Å². The van der Waals surface area contributed by atoms with Gasteiger partial charge in [0, 0.05) is 0 Å². The molecule has 0 aliphatic carbocycles. The molecule has 18 heavy (non-hydrogen) atoms. The van der Waals surface area contributed by atoms with Gasteiger partial charge in [0.2, 0.25) is 0 Å². The summed E-state index contributed by atoms with van der Waals surface area (Å²) in [6.45, 7) is 6.70. The third-order valence-electron chi connectivity index (χ3n) is 2.13. The van der Waals surface area contributed by atoms with Crippen molar-refractivity contribution in [3.63, 3.8) is 0 Å². The Kier molecular flexibility index (Phi) is 8.07. The van der Waals surface area contributed by atoms with Gasteiger partial charge < -0.3 is 13.8 Å². The fourth-order valence-electron chi connectivity index (χ4n) is 1.43. The van der Waals surface area contributed by atoms with Gasteiger partial charge in [-0.15, -0.1) is 0 Å². The third-order valence-corrected chi connectivity index (χ3v) is 4.68. The van der Waals surface area contributed by atoms with Crippen molar-refractivity contribution in [3.8, 4) is 0 Å². The molecule has 0 heterocycles. The van der Waals surface area contributed by atoms with Gasteiger partial charge in [-0.05, 0) is 27.7 Å². The molecule has 0 saturated carbocycles. The van der Waals surface area contributed by atoms with Crippen LogP contribution in [0.15, 0.2) is 0 Å². The van der Waals surface area contributed by atoms with Gasteiger partial charge in [-0.25, -0.2) is 0 Å². The maximum absolute atomic E-state index is 12.4. The summed E-state index contributed by atoms with van der Waals surface area (Å²) >= 11 is 0. The van der Waals surface area contributed by atoms with E-state index in [9.17, 15) is 14.2 Å². The number of ether oxygens (including phenoxy) is 1. The molecular formula is C11H21O6P. The van der Waals surface area contributed by atoms with Crippen LogP contribution in [0.4, 0.5) is 0 Å². The predicted molar refractivity (Wildman–Crippen MR) is 66.6 cm³/mol. The Hall–Kier alpha value is -0.710. The zero-order valence-electron chi connectivity index (χ0n) is 11.3. The van der Waals surface area contributed by atoms with E-state index in [1.165, 1.54) is 6.92 Å². The third kappa shape index (κ3) is 5.29. The second-order valence-electron chi connectivity index (χ2n) is 3.51. The number of carbonyl (C=O) groups is 2. The molecule has 0 fully saturated rings. The summed E-state index contributed by atoms with van der Waals surface area (Å²) in [6, 6.07) is 0. The number of hydrogen-bond acceptors (Lipinski definition) is 6. The molecule has 0 rings (SSSR count). The van der Waals surface area contributed by atoms with Crippen LogP contribution in [0.25, 0.3) is 0 Å². The van der Waals surface area contributed by atoms with Gasteiger partial charge in [0.05, 0.1) is 26.2 Å². The lowest BCUT2D eigenvalue weighted by Gasteiger charge is -2.23. The average molecular weight is 280 g/mol. The van der Waals surface area contributed by atoms with E-state index in [1.807, 2.05) is 0 Å². The van der Waals surface area contributed by atoms with Crippen molar-refractivity contribution in [2.24, 2.45) is 0 Å². The molecule has 0 radical (unpaired) electrons. The molecule has 0 unspecified atom stereocenters. The molecular weight excluding hydrogens is 259 g/mol. The molecule has 1 atom stereocenters. The molecule has 0 bridgehead atoms. The quantitative estimate of drug-likeness (QED) is 0.475. The minimum Gasteiger partial charge on any atom is -0.466 e. The Labute approximate surface area is 108 Å². The summed E-state index contributed by atoms with van der Waals surface area (Å²) in [7, 11) is -3.61. The number of ketones is 1. The number of esters is 1. The highest BCUT2D eigenvalue weighted by molar-refractivity contribution is 7.55. The van der Waals surface area contributed by atoms with Crippen molar-refractivity contribution >= 4 is 19.3 Å². The number of rotatable bonds is 9. The highest BCUT2D eigenvalue weighted by Gasteiger charge is 2.40. The van der Waals surface area contributed by atoms with Gasteiger partial charge in [0.1, 0.15) is 11.4 Å². The second kappa shape index (κ2) is 8.40. The van der Waals surface area contributed by atoms with Crippen molar-refractivity contribution in [1.82, 2.24) is 0 Å². The minimum absolute atomic E-state index is 0.143. The summed E-state index contributed by atoms with van der Waals surface area (Å²) in [5, 5.41) is 0. The standard InChI is InChI=1S/C11H21O6P/c1-5-15-11(13)8-10(9(4)12)18(14,16-6-2)17-7-3/h10H,5-8H2,1-4H3/t10-/m1/s1. The van der Waals surface area contributed by atoms with E-state index >= 15 is 0 Å². The lowest BCUT2D eigenvalue weighted by atomic mass is 10.2. The molecule has 0 aromatic heterocycles. The molecule has 0 N–H and O–H groups in total. The van der Waals surface area contributed by atoms with Crippen LogP contribution < -0.4 is 0 Å². The maximum Gasteiger partial charge on any atom is 0.341 e. The fourth-order valence-corrected chi connectivity index (χ4v) is 3.41. The lowest BCUT2D eigenvalue weighted by molar-refractivity contribution is -0.144. The number of hydrogen-bond donors (Lipinski definition) is 0. The Morgan fingerprint density at radius 2 is 1.56 bits per heavy atom. The van der Waals surface area contributed by atoms with Gasteiger partial charge in [0.25, 0.3) is 0 Å². The Morgan fingerprint density at radius 3 is 1.89 bits per heavy atom. The van der Waals surface area contributed by atoms with Gasteiger partial charge in [-0.1, -0.05) is 0 Å². The van der Waals surface area contributed by atoms with Gasteiger partial charge in [-0.3, -0.25) is 14.2 Å². The van der Waals surface area contributed by atoms with E-state index in [2.05, 4.69) is 0 Å². The summed E-state index contributed by atoms with van der Waals surface area (Å²) in [4.78, 5) is 22.9. The predicted octanol–water partition coefficient (Wildman–Crippen LogP) is 2.16. The molecule has 7 heteroatoms. The lowest BCUT2D eigenvalue weighted by Crippen LogP contribution is -2.25. The van der Waals surface area contributed by atoms with Crippen LogP contribution in [0.2, 0.25) is 0 Å². The van der Waals surface area contributed by atoms with E-state index < -0.39 is 25.0 Å². The summed E-state index contributed by atoms with van der Waals surface area (Å²) in [6.07, 6.45) is -0.291. The molecule has 6 nitrogen and oxygen atoms in total. The summed E-state index contributed by atoms with van der Waals surface area (Å²) in [5.41, 5.74) is -1.10. The van der Waals surface area contributed by atoms with Crippen LogP contribution in [0, 0.1) is 0 Å². The van der Waals surface area contributed by atoms with Crippen molar-refractivity contribution in [3.05, 3.63) is 0 Å². The van der Waals surface area contributed by atoms with Crippen LogP contribution in [0.5, 0.6) is 0 Å². The van der Waals surface area contributed by atoms with Crippen molar-refractivity contribution in [2.45, 2.75) is 39.8 Å². The van der Waals surface area contributed by atoms with Crippen LogP contribution in [0.1, 0.15) is 34.1 Å². The van der Waals surface area contributed by atoms with E-state index in [0.717, 1.165) is 0 Å². The molecule has 0 aliphatic rings.